The lowest BCUT2D eigenvalue weighted by atomic mass is 10.3. The standard InChI is InChI=1S/C10H6BrIN2OS/c11-9-7(2-1-3-13-9)14-10(15)6-4-8(12)16-5-6/h1-5H,(H,14,15). The normalized spacial score (nSPS) is 10.1. The van der Waals surface area contributed by atoms with Crippen molar-refractivity contribution in [2.45, 2.75) is 0 Å². The molecular weight excluding hydrogens is 403 g/mol. The summed E-state index contributed by atoms with van der Waals surface area (Å²) in [5.41, 5.74) is 1.35. The van der Waals surface area contributed by atoms with Crippen LogP contribution in [0, 0.1) is 2.88 Å². The Morgan fingerprint density at radius 1 is 1.56 bits per heavy atom. The Labute approximate surface area is 119 Å². The third-order valence-electron chi connectivity index (χ3n) is 1.84. The largest absolute Gasteiger partial charge is 0.320 e. The lowest BCUT2D eigenvalue weighted by Gasteiger charge is -2.04. The summed E-state index contributed by atoms with van der Waals surface area (Å²) in [5, 5.41) is 4.63. The molecule has 0 fully saturated rings. The number of carbonyl (C=O) groups excluding carboxylic acids is 1. The number of nitrogens with zero attached hydrogens (tertiary/aromatic N) is 1. The molecule has 0 aliphatic carbocycles. The van der Waals surface area contributed by atoms with Gasteiger partial charge in [0.2, 0.25) is 0 Å². The maximum absolute atomic E-state index is 11.8. The molecule has 0 bridgehead atoms. The fraction of sp³-hybridized carbons (Fsp3) is 0. The van der Waals surface area contributed by atoms with Gasteiger partial charge in [-0.1, -0.05) is 0 Å². The van der Waals surface area contributed by atoms with Crippen molar-refractivity contribution in [3.8, 4) is 0 Å². The first-order valence-corrected chi connectivity index (χ1v) is 7.08. The molecule has 0 aromatic carbocycles. The van der Waals surface area contributed by atoms with E-state index in [-0.39, 0.29) is 5.91 Å². The number of amides is 1. The van der Waals surface area contributed by atoms with Gasteiger partial charge in [0.1, 0.15) is 4.60 Å². The molecule has 3 nitrogen and oxygen atoms in total. The molecule has 6 heteroatoms. The molecule has 0 saturated carbocycles. The second-order valence-corrected chi connectivity index (χ2v) is 6.49. The van der Waals surface area contributed by atoms with Crippen molar-refractivity contribution < 1.29 is 4.79 Å². The number of nitrogens with one attached hydrogen (secondary N) is 1. The smallest absolute Gasteiger partial charge is 0.256 e. The zero-order valence-corrected chi connectivity index (χ0v) is 12.5. The lowest BCUT2D eigenvalue weighted by molar-refractivity contribution is 0.102. The van der Waals surface area contributed by atoms with Crippen LogP contribution >= 0.6 is 49.9 Å². The third kappa shape index (κ3) is 2.80. The van der Waals surface area contributed by atoms with Crippen LogP contribution in [0.5, 0.6) is 0 Å². The molecule has 2 aromatic rings. The first-order valence-electron chi connectivity index (χ1n) is 4.33. The summed E-state index contributed by atoms with van der Waals surface area (Å²) in [7, 11) is 0. The minimum absolute atomic E-state index is 0.118. The molecule has 0 saturated heterocycles. The van der Waals surface area contributed by atoms with Gasteiger partial charge in [-0.15, -0.1) is 11.3 Å². The average Bonchev–Trinajstić information content (AvgIpc) is 2.68. The molecule has 82 valence electrons. The SMILES string of the molecule is O=C(Nc1cccnc1Br)c1csc(I)c1. The Morgan fingerprint density at radius 2 is 2.38 bits per heavy atom. The summed E-state index contributed by atoms with van der Waals surface area (Å²) in [6.07, 6.45) is 1.66. The molecule has 0 unspecified atom stereocenters. The summed E-state index contributed by atoms with van der Waals surface area (Å²) in [4.78, 5) is 15.9. The van der Waals surface area contributed by atoms with Crippen molar-refractivity contribution in [2.75, 3.05) is 5.32 Å². The van der Waals surface area contributed by atoms with Crippen molar-refractivity contribution in [1.82, 2.24) is 4.98 Å². The van der Waals surface area contributed by atoms with Gasteiger partial charge in [0.05, 0.1) is 14.1 Å². The van der Waals surface area contributed by atoms with Crippen LogP contribution in [0.25, 0.3) is 0 Å². The third-order valence-corrected chi connectivity index (χ3v) is 4.26. The zero-order chi connectivity index (χ0) is 11.5. The Morgan fingerprint density at radius 3 is 3.00 bits per heavy atom. The van der Waals surface area contributed by atoms with E-state index in [0.29, 0.717) is 15.9 Å². The topological polar surface area (TPSA) is 42.0 Å². The highest BCUT2D eigenvalue weighted by Gasteiger charge is 2.09. The van der Waals surface area contributed by atoms with E-state index < -0.39 is 0 Å². The first kappa shape index (κ1) is 12.0. The fourth-order valence-corrected chi connectivity index (χ4v) is 2.78. The molecule has 0 radical (unpaired) electrons. The molecule has 0 aliphatic rings. The van der Waals surface area contributed by atoms with E-state index in [2.05, 4.69) is 48.8 Å². The van der Waals surface area contributed by atoms with Gasteiger partial charge in [-0.05, 0) is 56.7 Å². The molecule has 0 atom stereocenters. The monoisotopic (exact) mass is 408 g/mol. The molecule has 16 heavy (non-hydrogen) atoms. The van der Waals surface area contributed by atoms with E-state index in [1.165, 1.54) is 0 Å². The Kier molecular flexibility index (Phi) is 3.93. The highest BCUT2D eigenvalue weighted by Crippen LogP contribution is 2.21. The fourth-order valence-electron chi connectivity index (χ4n) is 1.10. The van der Waals surface area contributed by atoms with Gasteiger partial charge in [0.25, 0.3) is 5.91 Å². The first-order chi connectivity index (χ1) is 7.66. The maximum atomic E-state index is 11.8. The predicted octanol–water partition coefficient (Wildman–Crippen LogP) is 3.76. The van der Waals surface area contributed by atoms with Gasteiger partial charge in [0, 0.05) is 11.6 Å². The molecule has 0 aliphatic heterocycles. The van der Waals surface area contributed by atoms with Crippen LogP contribution in [0.2, 0.25) is 0 Å². The minimum atomic E-state index is -0.118. The van der Waals surface area contributed by atoms with Crippen molar-refractivity contribution >= 4 is 61.5 Å². The zero-order valence-electron chi connectivity index (χ0n) is 7.91. The van der Waals surface area contributed by atoms with Crippen molar-refractivity contribution in [2.24, 2.45) is 0 Å². The van der Waals surface area contributed by atoms with E-state index in [4.69, 9.17) is 0 Å². The Bertz CT molecular complexity index is 529. The highest BCUT2D eigenvalue weighted by atomic mass is 127. The maximum Gasteiger partial charge on any atom is 0.256 e. The van der Waals surface area contributed by atoms with Gasteiger partial charge in [-0.25, -0.2) is 4.98 Å². The second-order valence-electron chi connectivity index (χ2n) is 2.94. The number of aromatic nitrogens is 1. The molecule has 2 heterocycles. The lowest BCUT2D eigenvalue weighted by Crippen LogP contribution is -2.11. The number of thiophene rings is 1. The number of hydrogen-bond acceptors (Lipinski definition) is 3. The van der Waals surface area contributed by atoms with Crippen molar-refractivity contribution in [1.29, 1.82) is 0 Å². The van der Waals surface area contributed by atoms with Crippen molar-refractivity contribution in [3.63, 3.8) is 0 Å². The number of pyridine rings is 1. The summed E-state index contributed by atoms with van der Waals surface area (Å²) in [6, 6.07) is 5.43. The van der Waals surface area contributed by atoms with E-state index >= 15 is 0 Å². The van der Waals surface area contributed by atoms with Gasteiger partial charge in [-0.2, -0.15) is 0 Å². The van der Waals surface area contributed by atoms with E-state index in [9.17, 15) is 4.79 Å². The number of halogens is 2. The van der Waals surface area contributed by atoms with Gasteiger partial charge >= 0.3 is 0 Å². The molecule has 2 rings (SSSR count). The molecule has 1 N–H and O–H groups in total. The predicted molar refractivity (Wildman–Crippen MR) is 76.9 cm³/mol. The Hall–Kier alpha value is -0.470. The number of rotatable bonds is 2. The van der Waals surface area contributed by atoms with Crippen LogP contribution in [0.1, 0.15) is 10.4 Å². The molecule has 2 aromatic heterocycles. The summed E-state index contributed by atoms with van der Waals surface area (Å²) in [5.74, 6) is -0.118. The minimum Gasteiger partial charge on any atom is -0.320 e. The molecule has 1 amide bonds. The summed E-state index contributed by atoms with van der Waals surface area (Å²) in [6.45, 7) is 0. The molecular formula is C10H6BrIN2OS. The molecule has 0 spiro atoms. The van der Waals surface area contributed by atoms with Gasteiger partial charge < -0.3 is 5.32 Å². The van der Waals surface area contributed by atoms with Crippen LogP contribution in [0.3, 0.4) is 0 Å². The number of carbonyl (C=O) groups is 1. The van der Waals surface area contributed by atoms with Crippen molar-refractivity contribution in [3.05, 3.63) is 42.8 Å². The van der Waals surface area contributed by atoms with Crippen LogP contribution in [0.4, 0.5) is 5.69 Å². The van der Waals surface area contributed by atoms with E-state index in [0.717, 1.165) is 2.88 Å². The van der Waals surface area contributed by atoms with E-state index in [1.807, 2.05) is 11.4 Å². The second kappa shape index (κ2) is 5.24. The summed E-state index contributed by atoms with van der Waals surface area (Å²) < 4.78 is 1.72. The van der Waals surface area contributed by atoms with Crippen LogP contribution in [-0.4, -0.2) is 10.9 Å². The van der Waals surface area contributed by atoms with Crippen LogP contribution in [-0.2, 0) is 0 Å². The Balaban J connectivity index is 2.17. The summed E-state index contributed by atoms with van der Waals surface area (Å²) >= 11 is 7.01. The highest BCUT2D eigenvalue weighted by molar-refractivity contribution is 14.1. The van der Waals surface area contributed by atoms with Gasteiger partial charge in [-0.3, -0.25) is 4.79 Å². The van der Waals surface area contributed by atoms with E-state index in [1.54, 1.807) is 29.7 Å². The van der Waals surface area contributed by atoms with Crippen LogP contribution in [0.15, 0.2) is 34.4 Å². The quantitative estimate of drug-likeness (QED) is 0.607. The van der Waals surface area contributed by atoms with Gasteiger partial charge in [0.15, 0.2) is 0 Å². The van der Waals surface area contributed by atoms with Crippen LogP contribution < -0.4 is 5.32 Å². The average molecular weight is 409 g/mol. The number of anilines is 1. The number of hydrogen-bond donors (Lipinski definition) is 1.